The van der Waals surface area contributed by atoms with Gasteiger partial charge in [-0.05, 0) is 31.5 Å². The van der Waals surface area contributed by atoms with Gasteiger partial charge in [0.1, 0.15) is 5.78 Å². The van der Waals surface area contributed by atoms with Crippen LogP contribution in [0.1, 0.15) is 32.6 Å². The Morgan fingerprint density at radius 1 is 1.53 bits per heavy atom. The van der Waals surface area contributed by atoms with Crippen molar-refractivity contribution >= 4 is 5.78 Å². The van der Waals surface area contributed by atoms with Crippen molar-refractivity contribution in [2.75, 3.05) is 13.6 Å². The zero-order valence-corrected chi connectivity index (χ0v) is 9.60. The van der Waals surface area contributed by atoms with Gasteiger partial charge in [0.25, 0.3) is 0 Å². The third kappa shape index (κ3) is 3.51. The number of hydrogen-bond acceptors (Lipinski definition) is 3. The van der Waals surface area contributed by atoms with Gasteiger partial charge in [-0.15, -0.1) is 0 Å². The summed E-state index contributed by atoms with van der Waals surface area (Å²) in [5, 5.41) is 3.11. The van der Waals surface area contributed by atoms with Gasteiger partial charge >= 0.3 is 0 Å². The first-order valence-electron chi connectivity index (χ1n) is 5.50. The fourth-order valence-electron chi connectivity index (χ4n) is 1.77. The number of likely N-dealkylation sites (N-methyl/N-ethyl adjacent to an activating group) is 1. The molecule has 3 nitrogen and oxygen atoms in total. The van der Waals surface area contributed by atoms with E-state index in [1.54, 1.807) is 0 Å². The van der Waals surface area contributed by atoms with Crippen LogP contribution in [-0.4, -0.2) is 19.4 Å². The largest absolute Gasteiger partial charge is 0.399 e. The van der Waals surface area contributed by atoms with Crippen LogP contribution in [0.2, 0.25) is 0 Å². The zero-order chi connectivity index (χ0) is 11.3. The van der Waals surface area contributed by atoms with Crippen molar-refractivity contribution in [3.8, 4) is 0 Å². The molecular weight excluding hydrogens is 188 g/mol. The summed E-state index contributed by atoms with van der Waals surface area (Å²) >= 11 is 0. The Balaban J connectivity index is 2.66. The van der Waals surface area contributed by atoms with Crippen molar-refractivity contribution in [3.63, 3.8) is 0 Å². The highest BCUT2D eigenvalue weighted by molar-refractivity contribution is 5.80. The summed E-state index contributed by atoms with van der Waals surface area (Å²) in [5.41, 5.74) is 9.16. The SMILES string of the molecule is CCC(=O)CC1=C(N)C=C(CNC)CC1. The van der Waals surface area contributed by atoms with Crippen molar-refractivity contribution < 1.29 is 4.79 Å². The Kier molecular flexibility index (Phi) is 4.56. The number of nitrogens with one attached hydrogen (secondary N) is 1. The van der Waals surface area contributed by atoms with E-state index in [4.69, 9.17) is 5.73 Å². The molecule has 0 saturated carbocycles. The van der Waals surface area contributed by atoms with Crippen molar-refractivity contribution in [2.45, 2.75) is 32.6 Å². The minimum absolute atomic E-state index is 0.276. The molecule has 0 bridgehead atoms. The fraction of sp³-hybridized carbons (Fsp3) is 0.583. The lowest BCUT2D eigenvalue weighted by Gasteiger charge is -2.17. The van der Waals surface area contributed by atoms with Gasteiger partial charge in [0.15, 0.2) is 0 Å². The Morgan fingerprint density at radius 3 is 2.80 bits per heavy atom. The smallest absolute Gasteiger partial charge is 0.136 e. The first-order valence-corrected chi connectivity index (χ1v) is 5.50. The van der Waals surface area contributed by atoms with Crippen LogP contribution in [0.5, 0.6) is 0 Å². The summed E-state index contributed by atoms with van der Waals surface area (Å²) in [5.74, 6) is 0.276. The molecule has 0 aromatic rings. The van der Waals surface area contributed by atoms with E-state index in [1.165, 1.54) is 5.57 Å². The van der Waals surface area contributed by atoms with Crippen LogP contribution < -0.4 is 11.1 Å². The normalized spacial score (nSPS) is 16.5. The van der Waals surface area contributed by atoms with Gasteiger partial charge in [0.05, 0.1) is 0 Å². The van der Waals surface area contributed by atoms with Crippen molar-refractivity contribution in [1.29, 1.82) is 0 Å². The highest BCUT2D eigenvalue weighted by Crippen LogP contribution is 2.23. The molecule has 0 radical (unpaired) electrons. The number of rotatable bonds is 5. The number of Topliss-reactive ketones (excluding diaryl/α,β-unsaturated/α-hetero) is 1. The van der Waals surface area contributed by atoms with E-state index in [0.29, 0.717) is 12.8 Å². The van der Waals surface area contributed by atoms with Crippen LogP contribution in [0.3, 0.4) is 0 Å². The van der Waals surface area contributed by atoms with E-state index in [1.807, 2.05) is 20.0 Å². The van der Waals surface area contributed by atoms with Gasteiger partial charge in [-0.1, -0.05) is 12.5 Å². The van der Waals surface area contributed by atoms with Crippen molar-refractivity contribution in [1.82, 2.24) is 5.32 Å². The van der Waals surface area contributed by atoms with Crippen molar-refractivity contribution in [2.24, 2.45) is 5.73 Å². The third-order valence-corrected chi connectivity index (χ3v) is 2.72. The third-order valence-electron chi connectivity index (χ3n) is 2.72. The van der Waals surface area contributed by atoms with Crippen LogP contribution >= 0.6 is 0 Å². The minimum atomic E-state index is 0.276. The lowest BCUT2D eigenvalue weighted by atomic mass is 9.92. The lowest BCUT2D eigenvalue weighted by molar-refractivity contribution is -0.118. The van der Waals surface area contributed by atoms with E-state index in [0.717, 1.165) is 30.7 Å². The number of ketones is 1. The molecule has 1 aliphatic carbocycles. The monoisotopic (exact) mass is 208 g/mol. The van der Waals surface area contributed by atoms with E-state index in [-0.39, 0.29) is 5.78 Å². The predicted molar refractivity (Wildman–Crippen MR) is 62.4 cm³/mol. The average Bonchev–Trinajstić information content (AvgIpc) is 2.22. The first-order chi connectivity index (χ1) is 7.17. The predicted octanol–water partition coefficient (Wildman–Crippen LogP) is 1.51. The molecule has 0 heterocycles. The van der Waals surface area contributed by atoms with Gasteiger partial charge in [0.2, 0.25) is 0 Å². The molecule has 0 fully saturated rings. The van der Waals surface area contributed by atoms with Gasteiger partial charge in [0, 0.05) is 25.1 Å². The topological polar surface area (TPSA) is 55.1 Å². The molecule has 0 aliphatic heterocycles. The molecule has 0 spiro atoms. The summed E-state index contributed by atoms with van der Waals surface area (Å²) in [6.07, 6.45) is 5.10. The highest BCUT2D eigenvalue weighted by Gasteiger charge is 2.13. The van der Waals surface area contributed by atoms with E-state index < -0.39 is 0 Å². The molecular formula is C12H20N2O. The molecule has 0 aromatic carbocycles. The van der Waals surface area contributed by atoms with Gasteiger partial charge in [-0.2, -0.15) is 0 Å². The molecule has 1 rings (SSSR count). The van der Waals surface area contributed by atoms with E-state index in [2.05, 4.69) is 5.32 Å². The van der Waals surface area contributed by atoms with Crippen LogP contribution in [0, 0.1) is 0 Å². The summed E-state index contributed by atoms with van der Waals surface area (Å²) in [6.45, 7) is 2.78. The maximum absolute atomic E-state index is 11.3. The fourth-order valence-corrected chi connectivity index (χ4v) is 1.77. The highest BCUT2D eigenvalue weighted by atomic mass is 16.1. The lowest BCUT2D eigenvalue weighted by Crippen LogP contribution is -2.16. The Bertz CT molecular complexity index is 303. The average molecular weight is 208 g/mol. The minimum Gasteiger partial charge on any atom is -0.399 e. The van der Waals surface area contributed by atoms with Gasteiger partial charge in [-0.3, -0.25) is 4.79 Å². The molecule has 3 heteroatoms. The molecule has 1 aliphatic rings. The Labute approximate surface area is 91.4 Å². The molecule has 3 N–H and O–H groups in total. The number of carbonyl (C=O) groups is 1. The van der Waals surface area contributed by atoms with E-state index in [9.17, 15) is 4.79 Å². The van der Waals surface area contributed by atoms with Crippen LogP contribution in [-0.2, 0) is 4.79 Å². The molecule has 15 heavy (non-hydrogen) atoms. The molecule has 0 atom stereocenters. The second-order valence-corrected chi connectivity index (χ2v) is 3.96. The number of allylic oxidation sites excluding steroid dienone is 2. The number of carbonyl (C=O) groups excluding carboxylic acids is 1. The van der Waals surface area contributed by atoms with Crippen molar-refractivity contribution in [3.05, 3.63) is 22.9 Å². The quantitative estimate of drug-likeness (QED) is 0.720. The van der Waals surface area contributed by atoms with Gasteiger partial charge < -0.3 is 11.1 Å². The molecule has 0 amide bonds. The molecule has 0 unspecified atom stereocenters. The number of nitrogens with two attached hydrogens (primary N) is 1. The summed E-state index contributed by atoms with van der Waals surface area (Å²) in [7, 11) is 1.93. The van der Waals surface area contributed by atoms with Gasteiger partial charge in [-0.25, -0.2) is 0 Å². The number of hydrogen-bond donors (Lipinski definition) is 2. The molecule has 0 aromatic heterocycles. The summed E-state index contributed by atoms with van der Waals surface area (Å²) < 4.78 is 0. The molecule has 0 saturated heterocycles. The Hall–Kier alpha value is -1.09. The Morgan fingerprint density at radius 2 is 2.27 bits per heavy atom. The van der Waals surface area contributed by atoms with Crippen LogP contribution in [0.15, 0.2) is 22.9 Å². The summed E-state index contributed by atoms with van der Waals surface area (Å²) in [4.78, 5) is 11.3. The second-order valence-electron chi connectivity index (χ2n) is 3.96. The summed E-state index contributed by atoms with van der Waals surface area (Å²) in [6, 6.07) is 0. The standard InChI is InChI=1S/C12H20N2O/c1-3-11(15)7-10-5-4-9(8-14-2)6-12(10)13/h6,14H,3-5,7-8,13H2,1-2H3. The maximum atomic E-state index is 11.3. The second kappa shape index (κ2) is 5.71. The maximum Gasteiger partial charge on any atom is 0.136 e. The zero-order valence-electron chi connectivity index (χ0n) is 9.60. The molecule has 84 valence electrons. The van der Waals surface area contributed by atoms with Crippen LogP contribution in [0.4, 0.5) is 0 Å². The first kappa shape index (κ1) is 12.0. The van der Waals surface area contributed by atoms with E-state index >= 15 is 0 Å². The van der Waals surface area contributed by atoms with Crippen LogP contribution in [0.25, 0.3) is 0 Å².